The molecule has 1 aromatic carbocycles. The molecule has 1 aliphatic heterocycles. The Hall–Kier alpha value is -2.23. The summed E-state index contributed by atoms with van der Waals surface area (Å²) in [5.41, 5.74) is 5.92. The van der Waals surface area contributed by atoms with E-state index in [9.17, 15) is 4.79 Å². The molecule has 0 fully saturated rings. The van der Waals surface area contributed by atoms with E-state index in [-0.39, 0.29) is 6.79 Å². The number of hydrogen-bond acceptors (Lipinski definition) is 3. The third kappa shape index (κ3) is 2.42. The fraction of sp³-hybridized carbons (Fsp3) is 0.0833. The minimum absolute atomic E-state index is 0.268. The molecule has 1 aliphatic rings. The van der Waals surface area contributed by atoms with Crippen LogP contribution in [0.4, 0.5) is 0 Å². The average molecular weight is 217 g/mol. The number of amides is 1. The lowest BCUT2D eigenvalue weighted by Gasteiger charge is -1.96. The van der Waals surface area contributed by atoms with E-state index in [2.05, 4.69) is 0 Å². The van der Waals surface area contributed by atoms with Gasteiger partial charge in [0.05, 0.1) is 0 Å². The van der Waals surface area contributed by atoms with E-state index in [1.807, 2.05) is 24.3 Å². The van der Waals surface area contributed by atoms with Gasteiger partial charge in [-0.15, -0.1) is 0 Å². The molecule has 0 radical (unpaired) electrons. The van der Waals surface area contributed by atoms with Crippen LogP contribution >= 0.6 is 0 Å². The molecule has 0 aliphatic carbocycles. The molecule has 1 heterocycles. The summed E-state index contributed by atoms with van der Waals surface area (Å²) >= 11 is 0. The van der Waals surface area contributed by atoms with Crippen molar-refractivity contribution in [3.63, 3.8) is 0 Å². The number of carbonyl (C=O) groups is 1. The van der Waals surface area contributed by atoms with Gasteiger partial charge in [0, 0.05) is 6.08 Å². The fourth-order valence-electron chi connectivity index (χ4n) is 1.33. The van der Waals surface area contributed by atoms with Crippen LogP contribution < -0.4 is 15.2 Å². The van der Waals surface area contributed by atoms with E-state index in [0.29, 0.717) is 0 Å². The Labute approximate surface area is 93.0 Å². The molecule has 82 valence electrons. The van der Waals surface area contributed by atoms with Crippen LogP contribution in [-0.2, 0) is 4.79 Å². The zero-order valence-corrected chi connectivity index (χ0v) is 8.55. The second kappa shape index (κ2) is 4.53. The average Bonchev–Trinajstić information content (AvgIpc) is 2.71. The molecular formula is C12H11NO3. The maximum atomic E-state index is 10.4. The van der Waals surface area contributed by atoms with Gasteiger partial charge < -0.3 is 15.2 Å². The molecule has 2 rings (SSSR count). The lowest BCUT2D eigenvalue weighted by atomic mass is 10.2. The minimum Gasteiger partial charge on any atom is -0.454 e. The molecule has 0 bridgehead atoms. The van der Waals surface area contributed by atoms with Crippen molar-refractivity contribution in [1.82, 2.24) is 0 Å². The van der Waals surface area contributed by atoms with Crippen molar-refractivity contribution in [1.29, 1.82) is 0 Å². The number of allylic oxidation sites excluding steroid dienone is 2. The standard InChI is InChI=1S/C12H11NO3/c13-12(14)4-2-1-3-9-5-6-10-11(7-9)16-8-15-10/h1-7H,8H2,(H2,13,14)/b3-1+,4-2-. The molecule has 0 saturated carbocycles. The smallest absolute Gasteiger partial charge is 0.241 e. The van der Waals surface area contributed by atoms with Gasteiger partial charge in [0.25, 0.3) is 0 Å². The van der Waals surface area contributed by atoms with Crippen molar-refractivity contribution < 1.29 is 14.3 Å². The number of fused-ring (bicyclic) bond motifs is 1. The van der Waals surface area contributed by atoms with Gasteiger partial charge in [-0.2, -0.15) is 0 Å². The highest BCUT2D eigenvalue weighted by Crippen LogP contribution is 2.32. The van der Waals surface area contributed by atoms with Crippen LogP contribution in [0.1, 0.15) is 5.56 Å². The van der Waals surface area contributed by atoms with E-state index in [0.717, 1.165) is 17.1 Å². The quantitative estimate of drug-likeness (QED) is 0.616. The second-order valence-corrected chi connectivity index (χ2v) is 3.23. The highest BCUT2D eigenvalue weighted by molar-refractivity contribution is 5.86. The molecule has 0 atom stereocenters. The topological polar surface area (TPSA) is 61.6 Å². The highest BCUT2D eigenvalue weighted by atomic mass is 16.7. The Morgan fingerprint density at radius 3 is 2.88 bits per heavy atom. The van der Waals surface area contributed by atoms with Gasteiger partial charge in [-0.25, -0.2) is 0 Å². The first kappa shape index (κ1) is 10.3. The van der Waals surface area contributed by atoms with Crippen LogP contribution in [0.25, 0.3) is 6.08 Å². The van der Waals surface area contributed by atoms with Gasteiger partial charge in [0.15, 0.2) is 11.5 Å². The normalized spacial score (nSPS) is 13.8. The molecule has 4 nitrogen and oxygen atoms in total. The zero-order chi connectivity index (χ0) is 11.4. The first-order valence-electron chi connectivity index (χ1n) is 4.79. The SMILES string of the molecule is NC(=O)/C=C\C=C\c1ccc2c(c1)OCO2. The minimum atomic E-state index is -0.463. The van der Waals surface area contributed by atoms with E-state index < -0.39 is 5.91 Å². The Bertz CT molecular complexity index is 463. The Morgan fingerprint density at radius 2 is 2.06 bits per heavy atom. The third-order valence-electron chi connectivity index (χ3n) is 2.06. The van der Waals surface area contributed by atoms with Crippen molar-refractivity contribution in [2.45, 2.75) is 0 Å². The van der Waals surface area contributed by atoms with Crippen molar-refractivity contribution in [2.24, 2.45) is 5.73 Å². The first-order valence-corrected chi connectivity index (χ1v) is 4.79. The molecular weight excluding hydrogens is 206 g/mol. The van der Waals surface area contributed by atoms with Crippen molar-refractivity contribution in [3.8, 4) is 11.5 Å². The molecule has 16 heavy (non-hydrogen) atoms. The summed E-state index contributed by atoms with van der Waals surface area (Å²) in [5, 5.41) is 0. The number of nitrogens with two attached hydrogens (primary N) is 1. The van der Waals surface area contributed by atoms with Crippen LogP contribution in [-0.4, -0.2) is 12.7 Å². The molecule has 1 aromatic rings. The second-order valence-electron chi connectivity index (χ2n) is 3.23. The third-order valence-corrected chi connectivity index (χ3v) is 2.06. The number of benzene rings is 1. The number of hydrogen-bond donors (Lipinski definition) is 1. The summed E-state index contributed by atoms with van der Waals surface area (Å²) in [4.78, 5) is 10.4. The summed E-state index contributed by atoms with van der Waals surface area (Å²) in [6.45, 7) is 0.268. The maximum absolute atomic E-state index is 10.4. The van der Waals surface area contributed by atoms with Gasteiger partial charge in [-0.3, -0.25) is 4.79 Å². The van der Waals surface area contributed by atoms with Gasteiger partial charge in [0.1, 0.15) is 0 Å². The monoisotopic (exact) mass is 217 g/mol. The maximum Gasteiger partial charge on any atom is 0.241 e. The molecule has 0 unspecified atom stereocenters. The zero-order valence-electron chi connectivity index (χ0n) is 8.55. The van der Waals surface area contributed by atoms with E-state index in [4.69, 9.17) is 15.2 Å². The van der Waals surface area contributed by atoms with E-state index in [1.54, 1.807) is 12.2 Å². The summed E-state index contributed by atoms with van der Waals surface area (Å²) < 4.78 is 10.4. The van der Waals surface area contributed by atoms with Crippen molar-refractivity contribution >= 4 is 12.0 Å². The largest absolute Gasteiger partial charge is 0.454 e. The van der Waals surface area contributed by atoms with Crippen molar-refractivity contribution in [2.75, 3.05) is 6.79 Å². The van der Waals surface area contributed by atoms with Gasteiger partial charge >= 0.3 is 0 Å². The lowest BCUT2D eigenvalue weighted by Crippen LogP contribution is -2.04. The molecule has 0 spiro atoms. The van der Waals surface area contributed by atoms with E-state index >= 15 is 0 Å². The van der Waals surface area contributed by atoms with Gasteiger partial charge in [-0.05, 0) is 17.7 Å². The molecule has 1 amide bonds. The lowest BCUT2D eigenvalue weighted by molar-refractivity contribution is -0.113. The summed E-state index contributed by atoms with van der Waals surface area (Å²) in [7, 11) is 0. The van der Waals surface area contributed by atoms with Crippen molar-refractivity contribution in [3.05, 3.63) is 42.0 Å². The van der Waals surface area contributed by atoms with Gasteiger partial charge in [-0.1, -0.05) is 24.3 Å². The van der Waals surface area contributed by atoms with Crippen LogP contribution in [0.2, 0.25) is 0 Å². The number of primary amides is 1. The number of rotatable bonds is 3. The molecule has 2 N–H and O–H groups in total. The molecule has 0 saturated heterocycles. The predicted octanol–water partition coefficient (Wildman–Crippen LogP) is 1.47. The van der Waals surface area contributed by atoms with Crippen LogP contribution in [0.3, 0.4) is 0 Å². The summed E-state index contributed by atoms with van der Waals surface area (Å²) in [5.74, 6) is 1.03. The molecule has 4 heteroatoms. The van der Waals surface area contributed by atoms with E-state index in [1.165, 1.54) is 6.08 Å². The van der Waals surface area contributed by atoms with Crippen LogP contribution in [0.15, 0.2) is 36.4 Å². The number of carbonyl (C=O) groups excluding carboxylic acids is 1. The predicted molar refractivity (Wildman–Crippen MR) is 59.9 cm³/mol. The molecule has 0 aromatic heterocycles. The Balaban J connectivity index is 2.08. The Kier molecular flexibility index (Phi) is 2.91. The highest BCUT2D eigenvalue weighted by Gasteiger charge is 2.11. The van der Waals surface area contributed by atoms with Gasteiger partial charge in [0.2, 0.25) is 12.7 Å². The summed E-state index contributed by atoms with van der Waals surface area (Å²) in [6.07, 6.45) is 6.47. The van der Waals surface area contributed by atoms with Crippen LogP contribution in [0, 0.1) is 0 Å². The fourth-order valence-corrected chi connectivity index (χ4v) is 1.33. The first-order chi connectivity index (χ1) is 7.75. The summed E-state index contributed by atoms with van der Waals surface area (Å²) in [6, 6.07) is 5.62. The van der Waals surface area contributed by atoms with Crippen LogP contribution in [0.5, 0.6) is 11.5 Å². The number of ether oxygens (including phenoxy) is 2. The Morgan fingerprint density at radius 1 is 1.25 bits per heavy atom.